The van der Waals surface area contributed by atoms with E-state index in [1.165, 1.54) is 11.1 Å². The molecule has 0 heterocycles. The molecule has 0 fully saturated rings. The maximum atomic E-state index is 11.5. The van der Waals surface area contributed by atoms with Gasteiger partial charge in [0.2, 0.25) is 5.91 Å². The molecule has 3 nitrogen and oxygen atoms in total. The fourth-order valence-corrected chi connectivity index (χ4v) is 2.49. The molecular weight excluding hydrogens is 272 g/mol. The molecule has 0 saturated heterocycles. The summed E-state index contributed by atoms with van der Waals surface area (Å²) in [6.45, 7) is 4.75. The highest BCUT2D eigenvalue weighted by Gasteiger charge is 2.20. The Kier molecular flexibility index (Phi) is 5.73. The number of carbonyl (C=O) groups excluding carboxylic acids is 1. The zero-order valence-electron chi connectivity index (χ0n) is 13.3. The summed E-state index contributed by atoms with van der Waals surface area (Å²) in [5.74, 6) is -0.0450. The number of hydrogen-bond donors (Lipinski definition) is 2. The van der Waals surface area contributed by atoms with Crippen molar-refractivity contribution in [3.8, 4) is 11.1 Å². The molecule has 0 aliphatic rings. The zero-order chi connectivity index (χ0) is 15.9. The molecular formula is C19H24N2O. The van der Waals surface area contributed by atoms with Crippen LogP contribution in [0.2, 0.25) is 0 Å². The fourth-order valence-electron chi connectivity index (χ4n) is 2.49. The van der Waals surface area contributed by atoms with Gasteiger partial charge in [-0.25, -0.2) is 0 Å². The van der Waals surface area contributed by atoms with E-state index < -0.39 is 0 Å². The van der Waals surface area contributed by atoms with Crippen molar-refractivity contribution in [1.29, 1.82) is 0 Å². The molecule has 0 aromatic heterocycles. The Balaban J connectivity index is 2.01. The van der Waals surface area contributed by atoms with Crippen molar-refractivity contribution in [2.24, 2.45) is 11.7 Å². The van der Waals surface area contributed by atoms with Crippen molar-refractivity contribution in [2.75, 3.05) is 0 Å². The van der Waals surface area contributed by atoms with E-state index in [2.05, 4.69) is 48.6 Å². The summed E-state index contributed by atoms with van der Waals surface area (Å²) < 4.78 is 0. The number of amides is 1. The van der Waals surface area contributed by atoms with Gasteiger partial charge in [-0.05, 0) is 22.6 Å². The predicted molar refractivity (Wildman–Crippen MR) is 91.2 cm³/mol. The maximum absolute atomic E-state index is 11.5. The quantitative estimate of drug-likeness (QED) is 0.823. The number of primary amides is 1. The lowest BCUT2D eigenvalue weighted by Crippen LogP contribution is -2.45. The van der Waals surface area contributed by atoms with Crippen LogP contribution in [0.3, 0.4) is 0 Å². The van der Waals surface area contributed by atoms with Crippen molar-refractivity contribution in [3.05, 3.63) is 60.2 Å². The van der Waals surface area contributed by atoms with Gasteiger partial charge < -0.3 is 11.1 Å². The summed E-state index contributed by atoms with van der Waals surface area (Å²) in [6, 6.07) is 18.4. The lowest BCUT2D eigenvalue weighted by molar-refractivity contribution is -0.121. The van der Waals surface area contributed by atoms with Crippen molar-refractivity contribution in [3.63, 3.8) is 0 Å². The van der Waals surface area contributed by atoms with Gasteiger partial charge in [-0.1, -0.05) is 74.9 Å². The van der Waals surface area contributed by atoms with Crippen molar-refractivity contribution in [2.45, 2.75) is 32.9 Å². The minimum absolute atomic E-state index is 0.237. The van der Waals surface area contributed by atoms with Crippen LogP contribution in [0.25, 0.3) is 11.1 Å². The van der Waals surface area contributed by atoms with Crippen LogP contribution < -0.4 is 11.1 Å². The minimum Gasteiger partial charge on any atom is -0.368 e. The normalized spacial score (nSPS) is 13.5. The third-order valence-electron chi connectivity index (χ3n) is 4.11. The van der Waals surface area contributed by atoms with Crippen molar-refractivity contribution < 1.29 is 4.79 Å². The lowest BCUT2D eigenvalue weighted by atomic mass is 9.98. The predicted octanol–water partition coefficient (Wildman–Crippen LogP) is 3.34. The van der Waals surface area contributed by atoms with Crippen LogP contribution in [0.15, 0.2) is 54.6 Å². The van der Waals surface area contributed by atoms with Crippen LogP contribution >= 0.6 is 0 Å². The molecule has 116 valence electrons. The summed E-state index contributed by atoms with van der Waals surface area (Å²) in [7, 11) is 0. The first-order chi connectivity index (χ1) is 10.6. The molecule has 0 radical (unpaired) electrons. The van der Waals surface area contributed by atoms with Crippen molar-refractivity contribution >= 4 is 5.91 Å². The second-order valence-corrected chi connectivity index (χ2v) is 5.71. The number of nitrogens with two attached hydrogens (primary N) is 1. The second kappa shape index (κ2) is 7.76. The second-order valence-electron chi connectivity index (χ2n) is 5.71. The molecule has 0 spiro atoms. The molecule has 0 aliphatic carbocycles. The van der Waals surface area contributed by atoms with Crippen LogP contribution in [0.1, 0.15) is 25.8 Å². The third kappa shape index (κ3) is 4.18. The summed E-state index contributed by atoms with van der Waals surface area (Å²) in [4.78, 5) is 11.5. The molecule has 3 N–H and O–H groups in total. The highest BCUT2D eigenvalue weighted by molar-refractivity contribution is 5.80. The maximum Gasteiger partial charge on any atom is 0.234 e. The number of nitrogens with one attached hydrogen (secondary N) is 1. The molecule has 0 aliphatic heterocycles. The van der Waals surface area contributed by atoms with E-state index in [0.717, 1.165) is 12.0 Å². The average Bonchev–Trinajstić information content (AvgIpc) is 2.56. The first kappa shape index (κ1) is 16.2. The molecule has 0 bridgehead atoms. The van der Waals surface area contributed by atoms with Gasteiger partial charge in [0.15, 0.2) is 0 Å². The summed E-state index contributed by atoms with van der Waals surface area (Å²) in [5.41, 5.74) is 9.02. The Morgan fingerprint density at radius 1 is 1.05 bits per heavy atom. The van der Waals surface area contributed by atoms with Gasteiger partial charge in [-0.3, -0.25) is 4.79 Å². The van der Waals surface area contributed by atoms with E-state index in [4.69, 9.17) is 5.73 Å². The monoisotopic (exact) mass is 296 g/mol. The Hall–Kier alpha value is -2.13. The van der Waals surface area contributed by atoms with Gasteiger partial charge in [0.1, 0.15) is 0 Å². The van der Waals surface area contributed by atoms with E-state index in [-0.39, 0.29) is 17.9 Å². The minimum atomic E-state index is -0.282. The molecule has 0 unspecified atom stereocenters. The topological polar surface area (TPSA) is 55.1 Å². The average molecular weight is 296 g/mol. The third-order valence-corrected chi connectivity index (χ3v) is 4.11. The smallest absolute Gasteiger partial charge is 0.234 e. The summed E-state index contributed by atoms with van der Waals surface area (Å²) in [5, 5.41) is 3.27. The Morgan fingerprint density at radius 2 is 1.64 bits per heavy atom. The fraction of sp³-hybridized carbons (Fsp3) is 0.316. The first-order valence-corrected chi connectivity index (χ1v) is 7.79. The van der Waals surface area contributed by atoms with E-state index in [0.29, 0.717) is 6.54 Å². The molecule has 2 atom stereocenters. The number of hydrogen-bond acceptors (Lipinski definition) is 2. The Labute approximate surface area is 132 Å². The van der Waals surface area contributed by atoms with Crippen molar-refractivity contribution in [1.82, 2.24) is 5.32 Å². The highest BCUT2D eigenvalue weighted by atomic mass is 16.1. The molecule has 2 aromatic rings. The number of carbonyl (C=O) groups is 1. The van der Waals surface area contributed by atoms with Gasteiger partial charge in [-0.15, -0.1) is 0 Å². The van der Waals surface area contributed by atoms with Gasteiger partial charge >= 0.3 is 0 Å². The van der Waals surface area contributed by atoms with Gasteiger partial charge in [0, 0.05) is 6.54 Å². The Morgan fingerprint density at radius 3 is 2.18 bits per heavy atom. The van der Waals surface area contributed by atoms with Crippen LogP contribution in [-0.2, 0) is 11.3 Å². The first-order valence-electron chi connectivity index (χ1n) is 7.79. The van der Waals surface area contributed by atoms with E-state index >= 15 is 0 Å². The van der Waals surface area contributed by atoms with E-state index in [1.807, 2.05) is 25.1 Å². The standard InChI is InChI=1S/C19H24N2O/c1-3-14(2)18(19(20)22)21-13-15-9-11-17(12-10-15)16-7-5-4-6-8-16/h4-12,14,18,21H,3,13H2,1-2H3,(H2,20,22)/t14-,18-/m0/s1. The van der Waals surface area contributed by atoms with E-state index in [9.17, 15) is 4.79 Å². The highest BCUT2D eigenvalue weighted by Crippen LogP contribution is 2.19. The van der Waals surface area contributed by atoms with Crippen LogP contribution in [0.5, 0.6) is 0 Å². The van der Waals surface area contributed by atoms with Crippen LogP contribution in [-0.4, -0.2) is 11.9 Å². The largest absolute Gasteiger partial charge is 0.368 e. The number of rotatable bonds is 7. The SMILES string of the molecule is CC[C@H](C)[C@H](NCc1ccc(-c2ccccc2)cc1)C(N)=O. The molecule has 1 amide bonds. The van der Waals surface area contributed by atoms with Crippen LogP contribution in [0, 0.1) is 5.92 Å². The summed E-state index contributed by atoms with van der Waals surface area (Å²) in [6.07, 6.45) is 0.924. The number of benzene rings is 2. The summed E-state index contributed by atoms with van der Waals surface area (Å²) >= 11 is 0. The van der Waals surface area contributed by atoms with Gasteiger partial charge in [-0.2, -0.15) is 0 Å². The van der Waals surface area contributed by atoms with E-state index in [1.54, 1.807) is 0 Å². The zero-order valence-corrected chi connectivity index (χ0v) is 13.3. The molecule has 2 rings (SSSR count). The molecule has 2 aromatic carbocycles. The van der Waals surface area contributed by atoms with Gasteiger partial charge in [0.05, 0.1) is 6.04 Å². The lowest BCUT2D eigenvalue weighted by Gasteiger charge is -2.21. The van der Waals surface area contributed by atoms with Crippen LogP contribution in [0.4, 0.5) is 0 Å². The molecule has 22 heavy (non-hydrogen) atoms. The molecule has 3 heteroatoms. The Bertz CT molecular complexity index is 593. The van der Waals surface area contributed by atoms with Gasteiger partial charge in [0.25, 0.3) is 0 Å². The molecule has 0 saturated carbocycles.